The molecular weight excluding hydrogens is 238 g/mol. The minimum atomic E-state index is -0.862. The van der Waals surface area contributed by atoms with Crippen LogP contribution in [0.4, 0.5) is 0 Å². The molecule has 4 nitrogen and oxygen atoms in total. The van der Waals surface area contributed by atoms with Crippen molar-refractivity contribution in [2.24, 2.45) is 0 Å². The molecule has 0 spiro atoms. The van der Waals surface area contributed by atoms with Crippen LogP contribution in [-0.4, -0.2) is 11.1 Å². The zero-order valence-corrected chi connectivity index (χ0v) is 10.2. The van der Waals surface area contributed by atoms with Crippen LogP contribution in [0.15, 0.2) is 29.1 Å². The first kappa shape index (κ1) is 11.9. The van der Waals surface area contributed by atoms with E-state index in [1.165, 1.54) is 11.3 Å². The second kappa shape index (κ2) is 5.16. The molecule has 0 aromatic carbocycles. The van der Waals surface area contributed by atoms with Crippen LogP contribution in [0.2, 0.25) is 0 Å². The molecule has 0 radical (unpaired) electrons. The largest absolute Gasteiger partial charge is 0.477 e. The van der Waals surface area contributed by atoms with Gasteiger partial charge >= 0.3 is 5.97 Å². The highest BCUT2D eigenvalue weighted by Gasteiger charge is 2.10. The molecule has 0 saturated carbocycles. The van der Waals surface area contributed by atoms with E-state index >= 15 is 0 Å². The fourth-order valence-corrected chi connectivity index (χ4v) is 2.42. The van der Waals surface area contributed by atoms with Gasteiger partial charge in [0.15, 0.2) is 0 Å². The van der Waals surface area contributed by atoms with Crippen LogP contribution >= 0.6 is 11.3 Å². The summed E-state index contributed by atoms with van der Waals surface area (Å²) in [4.78, 5) is 12.2. The molecule has 0 aliphatic rings. The van der Waals surface area contributed by atoms with Gasteiger partial charge < -0.3 is 14.8 Å². The summed E-state index contributed by atoms with van der Waals surface area (Å²) in [5.74, 6) is -0.862. The maximum atomic E-state index is 10.8. The average molecular weight is 251 g/mol. The monoisotopic (exact) mass is 251 g/mol. The van der Waals surface area contributed by atoms with Gasteiger partial charge in [0.1, 0.15) is 4.88 Å². The lowest BCUT2D eigenvalue weighted by molar-refractivity contribution is 0.0702. The van der Waals surface area contributed by atoms with Crippen LogP contribution in [-0.2, 0) is 13.1 Å². The third-order valence-electron chi connectivity index (χ3n) is 2.46. The lowest BCUT2D eigenvalue weighted by Crippen LogP contribution is -2.12. The van der Waals surface area contributed by atoms with E-state index in [-0.39, 0.29) is 0 Å². The molecule has 0 amide bonds. The summed E-state index contributed by atoms with van der Waals surface area (Å²) in [7, 11) is 0. The smallest absolute Gasteiger partial charge is 0.345 e. The van der Waals surface area contributed by atoms with Crippen molar-refractivity contribution >= 4 is 17.3 Å². The van der Waals surface area contributed by atoms with E-state index in [4.69, 9.17) is 9.52 Å². The summed E-state index contributed by atoms with van der Waals surface area (Å²) in [5, 5.41) is 12.1. The lowest BCUT2D eigenvalue weighted by Gasteiger charge is -2.01. The number of aromatic carboxylic acids is 1. The number of carboxylic acids is 1. The topological polar surface area (TPSA) is 62.5 Å². The highest BCUT2D eigenvalue weighted by molar-refractivity contribution is 7.14. The van der Waals surface area contributed by atoms with Crippen molar-refractivity contribution in [1.82, 2.24) is 5.32 Å². The third-order valence-corrected chi connectivity index (χ3v) is 3.54. The molecule has 5 heteroatoms. The molecule has 0 aliphatic carbocycles. The fraction of sp³-hybridized carbons (Fsp3) is 0.250. The Kier molecular flexibility index (Phi) is 3.61. The Morgan fingerprint density at radius 2 is 2.35 bits per heavy atom. The number of furan rings is 1. The van der Waals surface area contributed by atoms with Gasteiger partial charge in [0.2, 0.25) is 0 Å². The second-order valence-electron chi connectivity index (χ2n) is 3.73. The highest BCUT2D eigenvalue weighted by Crippen LogP contribution is 2.21. The van der Waals surface area contributed by atoms with Crippen LogP contribution < -0.4 is 5.32 Å². The van der Waals surface area contributed by atoms with Crippen molar-refractivity contribution in [3.8, 4) is 0 Å². The molecule has 2 aromatic heterocycles. The predicted octanol–water partition coefficient (Wildman–Crippen LogP) is 2.64. The fourth-order valence-electron chi connectivity index (χ4n) is 1.54. The first-order valence-electron chi connectivity index (χ1n) is 5.21. The van der Waals surface area contributed by atoms with E-state index in [1.807, 2.05) is 13.0 Å². The molecule has 0 fully saturated rings. The number of carbonyl (C=O) groups is 1. The molecule has 2 aromatic rings. The molecule has 0 saturated heterocycles. The van der Waals surface area contributed by atoms with E-state index in [9.17, 15) is 4.79 Å². The molecule has 0 atom stereocenters. The molecule has 2 N–H and O–H groups in total. The maximum absolute atomic E-state index is 10.8. The Hall–Kier alpha value is -1.59. The average Bonchev–Trinajstić information content (AvgIpc) is 2.89. The van der Waals surface area contributed by atoms with Gasteiger partial charge in [-0.1, -0.05) is 0 Å². The van der Waals surface area contributed by atoms with Gasteiger partial charge in [-0.15, -0.1) is 11.3 Å². The summed E-state index contributed by atoms with van der Waals surface area (Å²) in [6, 6.07) is 3.63. The van der Waals surface area contributed by atoms with Gasteiger partial charge in [0.05, 0.1) is 12.5 Å². The zero-order valence-electron chi connectivity index (χ0n) is 9.40. The van der Waals surface area contributed by atoms with Crippen molar-refractivity contribution in [1.29, 1.82) is 0 Å². The molecule has 17 heavy (non-hydrogen) atoms. The van der Waals surface area contributed by atoms with E-state index in [0.29, 0.717) is 18.0 Å². The molecule has 90 valence electrons. The minimum absolute atomic E-state index is 0.391. The number of carboxylic acid groups (broad SMARTS) is 1. The van der Waals surface area contributed by atoms with Gasteiger partial charge in [0.25, 0.3) is 0 Å². The second-order valence-corrected chi connectivity index (χ2v) is 4.99. The molecular formula is C12H13NO3S. The quantitative estimate of drug-likeness (QED) is 0.857. The van der Waals surface area contributed by atoms with Crippen molar-refractivity contribution in [3.63, 3.8) is 0 Å². The van der Waals surface area contributed by atoms with Gasteiger partial charge in [-0.25, -0.2) is 4.79 Å². The first-order valence-corrected chi connectivity index (χ1v) is 6.03. The first-order chi connectivity index (χ1) is 8.16. The van der Waals surface area contributed by atoms with Crippen LogP contribution in [0.25, 0.3) is 0 Å². The molecule has 0 unspecified atom stereocenters. The number of rotatable bonds is 5. The van der Waals surface area contributed by atoms with Gasteiger partial charge in [-0.05, 0) is 24.6 Å². The molecule has 0 bridgehead atoms. The SMILES string of the molecule is Cc1sc(C(=O)O)cc1CNCc1ccoc1. The summed E-state index contributed by atoms with van der Waals surface area (Å²) in [5.41, 5.74) is 2.12. The van der Waals surface area contributed by atoms with E-state index in [1.54, 1.807) is 18.6 Å². The Morgan fingerprint density at radius 1 is 1.53 bits per heavy atom. The molecule has 0 aliphatic heterocycles. The number of thiophene rings is 1. The predicted molar refractivity (Wildman–Crippen MR) is 65.3 cm³/mol. The van der Waals surface area contributed by atoms with Crippen LogP contribution in [0.5, 0.6) is 0 Å². The maximum Gasteiger partial charge on any atom is 0.345 e. The van der Waals surface area contributed by atoms with Crippen molar-refractivity contribution in [3.05, 3.63) is 45.5 Å². The Morgan fingerprint density at radius 3 is 2.94 bits per heavy atom. The van der Waals surface area contributed by atoms with Crippen LogP contribution in [0.3, 0.4) is 0 Å². The number of nitrogens with one attached hydrogen (secondary N) is 1. The van der Waals surface area contributed by atoms with Crippen molar-refractivity contribution in [2.75, 3.05) is 0 Å². The summed E-state index contributed by atoms with van der Waals surface area (Å²) in [6.07, 6.45) is 3.32. The summed E-state index contributed by atoms with van der Waals surface area (Å²) >= 11 is 1.31. The summed E-state index contributed by atoms with van der Waals surface area (Å²) < 4.78 is 4.96. The normalized spacial score (nSPS) is 10.6. The van der Waals surface area contributed by atoms with E-state index in [2.05, 4.69) is 5.32 Å². The van der Waals surface area contributed by atoms with Crippen molar-refractivity contribution < 1.29 is 14.3 Å². The van der Waals surface area contributed by atoms with Gasteiger partial charge in [-0.3, -0.25) is 0 Å². The van der Waals surface area contributed by atoms with E-state index in [0.717, 1.165) is 16.0 Å². The molecule has 2 heterocycles. The Labute approximate surface area is 103 Å². The summed E-state index contributed by atoms with van der Waals surface area (Å²) in [6.45, 7) is 3.32. The van der Waals surface area contributed by atoms with E-state index < -0.39 is 5.97 Å². The third kappa shape index (κ3) is 2.95. The van der Waals surface area contributed by atoms with Crippen LogP contribution in [0.1, 0.15) is 25.7 Å². The standard InChI is InChI=1S/C12H13NO3S/c1-8-10(4-11(17-8)12(14)15)6-13-5-9-2-3-16-7-9/h2-4,7,13H,5-6H2,1H3,(H,14,15). The number of aryl methyl sites for hydroxylation is 1. The van der Waals surface area contributed by atoms with Crippen molar-refractivity contribution in [2.45, 2.75) is 20.0 Å². The van der Waals surface area contributed by atoms with Crippen LogP contribution in [0, 0.1) is 6.92 Å². The Balaban J connectivity index is 1.92. The lowest BCUT2D eigenvalue weighted by atomic mass is 10.2. The van der Waals surface area contributed by atoms with Gasteiger partial charge in [0, 0.05) is 23.5 Å². The number of hydrogen-bond acceptors (Lipinski definition) is 4. The number of hydrogen-bond donors (Lipinski definition) is 2. The van der Waals surface area contributed by atoms with Gasteiger partial charge in [-0.2, -0.15) is 0 Å². The highest BCUT2D eigenvalue weighted by atomic mass is 32.1. The molecule has 2 rings (SSSR count). The minimum Gasteiger partial charge on any atom is -0.477 e. The zero-order chi connectivity index (χ0) is 12.3. The Bertz CT molecular complexity index is 502.